The van der Waals surface area contributed by atoms with Gasteiger partial charge in [0.1, 0.15) is 0 Å². The van der Waals surface area contributed by atoms with Gasteiger partial charge in [-0.3, -0.25) is 4.79 Å². The SMILES string of the molecule is CCC1CCC(CNC(=O)CCCCCCN)CC1. The maximum absolute atomic E-state index is 11.7. The first-order valence-corrected chi connectivity index (χ1v) is 8.23. The highest BCUT2D eigenvalue weighted by Crippen LogP contribution is 2.30. The number of hydrogen-bond acceptors (Lipinski definition) is 2. The molecule has 1 fully saturated rings. The fraction of sp³-hybridized carbons (Fsp3) is 0.938. The number of unbranched alkanes of at least 4 members (excludes halogenated alkanes) is 3. The van der Waals surface area contributed by atoms with Crippen molar-refractivity contribution in [1.82, 2.24) is 5.32 Å². The van der Waals surface area contributed by atoms with E-state index in [9.17, 15) is 4.79 Å². The topological polar surface area (TPSA) is 55.1 Å². The second kappa shape index (κ2) is 10.2. The van der Waals surface area contributed by atoms with Crippen LogP contribution in [-0.2, 0) is 4.79 Å². The van der Waals surface area contributed by atoms with Gasteiger partial charge in [0.15, 0.2) is 0 Å². The van der Waals surface area contributed by atoms with Crippen molar-refractivity contribution in [2.24, 2.45) is 17.6 Å². The van der Waals surface area contributed by atoms with Crippen molar-refractivity contribution in [2.45, 2.75) is 71.1 Å². The highest BCUT2D eigenvalue weighted by molar-refractivity contribution is 5.75. The van der Waals surface area contributed by atoms with Crippen molar-refractivity contribution in [3.05, 3.63) is 0 Å². The van der Waals surface area contributed by atoms with Crippen LogP contribution in [0.4, 0.5) is 0 Å². The molecule has 0 aromatic heterocycles. The number of carbonyl (C=O) groups excluding carboxylic acids is 1. The van der Waals surface area contributed by atoms with E-state index < -0.39 is 0 Å². The van der Waals surface area contributed by atoms with Crippen LogP contribution in [0.2, 0.25) is 0 Å². The monoisotopic (exact) mass is 268 g/mol. The summed E-state index contributed by atoms with van der Waals surface area (Å²) in [4.78, 5) is 11.7. The molecule has 0 aromatic rings. The van der Waals surface area contributed by atoms with Crippen LogP contribution in [-0.4, -0.2) is 19.0 Å². The standard InChI is InChI=1S/C16H32N2O/c1-2-14-8-10-15(11-9-14)13-18-16(19)7-5-3-4-6-12-17/h14-15H,2-13,17H2,1H3,(H,18,19). The molecule has 3 N–H and O–H groups in total. The zero-order valence-corrected chi connectivity index (χ0v) is 12.6. The quantitative estimate of drug-likeness (QED) is 0.631. The summed E-state index contributed by atoms with van der Waals surface area (Å²) in [7, 11) is 0. The van der Waals surface area contributed by atoms with E-state index in [0.29, 0.717) is 6.42 Å². The van der Waals surface area contributed by atoms with Crippen molar-refractivity contribution in [1.29, 1.82) is 0 Å². The predicted octanol–water partition coefficient (Wildman–Crippen LogP) is 3.23. The Balaban J connectivity index is 1.98. The van der Waals surface area contributed by atoms with E-state index in [-0.39, 0.29) is 5.91 Å². The van der Waals surface area contributed by atoms with E-state index in [2.05, 4.69) is 12.2 Å². The number of carbonyl (C=O) groups is 1. The average Bonchev–Trinajstić information content (AvgIpc) is 2.45. The first kappa shape index (κ1) is 16.5. The Morgan fingerprint density at radius 2 is 1.68 bits per heavy atom. The van der Waals surface area contributed by atoms with Gasteiger partial charge in [0, 0.05) is 13.0 Å². The van der Waals surface area contributed by atoms with Gasteiger partial charge in [0.25, 0.3) is 0 Å². The molecule has 0 bridgehead atoms. The first-order chi connectivity index (χ1) is 9.26. The van der Waals surface area contributed by atoms with Crippen LogP contribution in [0, 0.1) is 11.8 Å². The van der Waals surface area contributed by atoms with E-state index in [0.717, 1.165) is 50.6 Å². The minimum absolute atomic E-state index is 0.241. The van der Waals surface area contributed by atoms with Crippen molar-refractivity contribution in [3.63, 3.8) is 0 Å². The Morgan fingerprint density at radius 3 is 2.32 bits per heavy atom. The zero-order chi connectivity index (χ0) is 13.9. The summed E-state index contributed by atoms with van der Waals surface area (Å²) in [5, 5.41) is 3.11. The van der Waals surface area contributed by atoms with Crippen LogP contribution in [0.3, 0.4) is 0 Å². The summed E-state index contributed by atoms with van der Waals surface area (Å²) in [5.41, 5.74) is 5.44. The van der Waals surface area contributed by atoms with E-state index in [1.54, 1.807) is 0 Å². The number of amides is 1. The number of nitrogens with two attached hydrogens (primary N) is 1. The second-order valence-corrected chi connectivity index (χ2v) is 6.05. The Hall–Kier alpha value is -0.570. The van der Waals surface area contributed by atoms with Gasteiger partial charge in [-0.05, 0) is 44.1 Å². The van der Waals surface area contributed by atoms with Gasteiger partial charge in [-0.15, -0.1) is 0 Å². The molecule has 0 aliphatic heterocycles. The fourth-order valence-corrected chi connectivity index (χ4v) is 2.97. The van der Waals surface area contributed by atoms with Crippen molar-refractivity contribution < 1.29 is 4.79 Å². The summed E-state index contributed by atoms with van der Waals surface area (Å²) in [6.07, 6.45) is 11.7. The minimum atomic E-state index is 0.241. The fourth-order valence-electron chi connectivity index (χ4n) is 2.97. The van der Waals surface area contributed by atoms with Gasteiger partial charge in [-0.1, -0.05) is 39.0 Å². The van der Waals surface area contributed by atoms with Crippen LogP contribution in [0.5, 0.6) is 0 Å². The Morgan fingerprint density at radius 1 is 1.05 bits per heavy atom. The molecule has 0 radical (unpaired) electrons. The van der Waals surface area contributed by atoms with Gasteiger partial charge in [-0.2, -0.15) is 0 Å². The molecule has 1 saturated carbocycles. The van der Waals surface area contributed by atoms with Gasteiger partial charge < -0.3 is 11.1 Å². The lowest BCUT2D eigenvalue weighted by Crippen LogP contribution is -2.31. The van der Waals surface area contributed by atoms with Crippen molar-refractivity contribution >= 4 is 5.91 Å². The molecular weight excluding hydrogens is 236 g/mol. The normalized spacial score (nSPS) is 23.3. The second-order valence-electron chi connectivity index (χ2n) is 6.05. The average molecular weight is 268 g/mol. The van der Waals surface area contributed by atoms with Gasteiger partial charge in [-0.25, -0.2) is 0 Å². The van der Waals surface area contributed by atoms with Crippen LogP contribution in [0.1, 0.15) is 71.1 Å². The molecular formula is C16H32N2O. The highest BCUT2D eigenvalue weighted by Gasteiger charge is 2.20. The first-order valence-electron chi connectivity index (χ1n) is 8.23. The summed E-state index contributed by atoms with van der Waals surface area (Å²) < 4.78 is 0. The third-order valence-electron chi connectivity index (χ3n) is 4.49. The third-order valence-corrected chi connectivity index (χ3v) is 4.49. The highest BCUT2D eigenvalue weighted by atomic mass is 16.1. The summed E-state index contributed by atoms with van der Waals surface area (Å²) in [6, 6.07) is 0. The van der Waals surface area contributed by atoms with Crippen LogP contribution in [0.15, 0.2) is 0 Å². The Bertz CT molecular complexity index is 235. The molecule has 19 heavy (non-hydrogen) atoms. The maximum Gasteiger partial charge on any atom is 0.220 e. The van der Waals surface area contributed by atoms with Gasteiger partial charge in [0.2, 0.25) is 5.91 Å². The minimum Gasteiger partial charge on any atom is -0.356 e. The van der Waals surface area contributed by atoms with Crippen LogP contribution in [0.25, 0.3) is 0 Å². The number of hydrogen-bond donors (Lipinski definition) is 2. The van der Waals surface area contributed by atoms with E-state index in [4.69, 9.17) is 5.73 Å². The van der Waals surface area contributed by atoms with E-state index in [1.807, 2.05) is 0 Å². The molecule has 3 nitrogen and oxygen atoms in total. The Kier molecular flexibility index (Phi) is 8.89. The smallest absolute Gasteiger partial charge is 0.220 e. The maximum atomic E-state index is 11.7. The Labute approximate surface area is 118 Å². The molecule has 112 valence electrons. The largest absolute Gasteiger partial charge is 0.356 e. The third kappa shape index (κ3) is 7.56. The van der Waals surface area contributed by atoms with Crippen molar-refractivity contribution in [3.8, 4) is 0 Å². The number of rotatable bonds is 9. The molecule has 0 unspecified atom stereocenters. The van der Waals surface area contributed by atoms with Gasteiger partial charge in [0.05, 0.1) is 0 Å². The predicted molar refractivity (Wildman–Crippen MR) is 80.9 cm³/mol. The van der Waals surface area contributed by atoms with Crippen LogP contribution < -0.4 is 11.1 Å². The summed E-state index contributed by atoms with van der Waals surface area (Å²) in [5.74, 6) is 1.91. The number of nitrogens with one attached hydrogen (secondary N) is 1. The lowest BCUT2D eigenvalue weighted by atomic mass is 9.81. The molecule has 0 heterocycles. The molecule has 3 heteroatoms. The van der Waals surface area contributed by atoms with Crippen molar-refractivity contribution in [2.75, 3.05) is 13.1 Å². The lowest BCUT2D eigenvalue weighted by molar-refractivity contribution is -0.121. The zero-order valence-electron chi connectivity index (χ0n) is 12.6. The molecule has 0 spiro atoms. The molecule has 0 atom stereocenters. The van der Waals surface area contributed by atoms with Crippen LogP contribution >= 0.6 is 0 Å². The molecule has 1 amide bonds. The summed E-state index contributed by atoms with van der Waals surface area (Å²) >= 11 is 0. The van der Waals surface area contributed by atoms with E-state index in [1.165, 1.54) is 32.1 Å². The van der Waals surface area contributed by atoms with Gasteiger partial charge >= 0.3 is 0 Å². The van der Waals surface area contributed by atoms with E-state index >= 15 is 0 Å². The molecule has 0 saturated heterocycles. The molecule has 1 rings (SSSR count). The molecule has 1 aliphatic rings. The molecule has 1 aliphatic carbocycles. The lowest BCUT2D eigenvalue weighted by Gasteiger charge is -2.27. The summed E-state index contributed by atoms with van der Waals surface area (Å²) in [6.45, 7) is 3.96. The molecule has 0 aromatic carbocycles.